The van der Waals surface area contributed by atoms with Crippen LogP contribution in [0.15, 0.2) is 28.7 Å². The molecule has 0 amide bonds. The van der Waals surface area contributed by atoms with Crippen LogP contribution in [0, 0.1) is 4.84 Å². The zero-order chi connectivity index (χ0) is 10.8. The van der Waals surface area contributed by atoms with Gasteiger partial charge in [0.25, 0.3) is 4.84 Å². The molecular formula is C10H10N2O2S. The Morgan fingerprint density at radius 3 is 2.47 bits per heavy atom. The second kappa shape index (κ2) is 3.86. The molecule has 0 aliphatic rings. The number of rotatable bonds is 2. The molecule has 0 saturated heterocycles. The van der Waals surface area contributed by atoms with Crippen molar-refractivity contribution >= 4 is 12.2 Å². The van der Waals surface area contributed by atoms with Gasteiger partial charge in [-0.1, -0.05) is 0 Å². The summed E-state index contributed by atoms with van der Waals surface area (Å²) < 4.78 is 11.9. The fraction of sp³-hybridized carbons (Fsp3) is 0.200. The number of benzene rings is 1. The molecule has 15 heavy (non-hydrogen) atoms. The molecule has 0 bridgehead atoms. The van der Waals surface area contributed by atoms with Gasteiger partial charge in [-0.2, -0.15) is 0 Å². The van der Waals surface area contributed by atoms with Crippen LogP contribution in [0.2, 0.25) is 0 Å². The van der Waals surface area contributed by atoms with Gasteiger partial charge in [-0.25, -0.2) is 4.68 Å². The highest BCUT2D eigenvalue weighted by Gasteiger charge is 2.05. The molecule has 0 spiro atoms. The molecule has 78 valence electrons. The lowest BCUT2D eigenvalue weighted by atomic mass is 10.2. The Labute approximate surface area is 92.1 Å². The van der Waals surface area contributed by atoms with Gasteiger partial charge in [-0.05, 0) is 36.5 Å². The van der Waals surface area contributed by atoms with E-state index in [1.165, 1.54) is 4.68 Å². The first-order valence-electron chi connectivity index (χ1n) is 4.39. The highest BCUT2D eigenvalue weighted by molar-refractivity contribution is 7.71. The minimum absolute atomic E-state index is 0.362. The summed E-state index contributed by atoms with van der Waals surface area (Å²) in [4.78, 5) is 0.362. The van der Waals surface area contributed by atoms with Crippen molar-refractivity contribution in [2.75, 3.05) is 7.11 Å². The van der Waals surface area contributed by atoms with Crippen molar-refractivity contribution in [3.8, 4) is 17.2 Å². The predicted molar refractivity (Wildman–Crippen MR) is 58.3 cm³/mol. The van der Waals surface area contributed by atoms with Gasteiger partial charge in [0, 0.05) is 12.6 Å². The highest BCUT2D eigenvalue weighted by atomic mass is 32.1. The molecule has 0 fully saturated rings. The van der Waals surface area contributed by atoms with Crippen LogP contribution in [0.4, 0.5) is 0 Å². The van der Waals surface area contributed by atoms with E-state index in [0.717, 1.165) is 11.3 Å². The third kappa shape index (κ3) is 1.92. The molecule has 0 aliphatic carbocycles. The lowest BCUT2D eigenvalue weighted by Crippen LogP contribution is -1.89. The van der Waals surface area contributed by atoms with Gasteiger partial charge in [-0.3, -0.25) is 0 Å². The lowest BCUT2D eigenvalue weighted by Gasteiger charge is -1.98. The molecule has 1 heterocycles. The van der Waals surface area contributed by atoms with E-state index in [1.54, 1.807) is 14.2 Å². The average molecular weight is 222 g/mol. The molecule has 4 nitrogen and oxygen atoms in total. The van der Waals surface area contributed by atoms with Crippen LogP contribution in [-0.2, 0) is 7.05 Å². The maximum Gasteiger partial charge on any atom is 0.287 e. The number of nitrogens with zero attached hydrogens (tertiary/aromatic N) is 2. The Bertz CT molecular complexity index is 513. The number of ether oxygens (including phenoxy) is 1. The second-order valence-corrected chi connectivity index (χ2v) is 3.37. The van der Waals surface area contributed by atoms with Crippen molar-refractivity contribution in [2.24, 2.45) is 7.05 Å². The van der Waals surface area contributed by atoms with E-state index in [4.69, 9.17) is 21.4 Å². The summed E-state index contributed by atoms with van der Waals surface area (Å²) in [5.41, 5.74) is 0.877. The van der Waals surface area contributed by atoms with Crippen molar-refractivity contribution in [3.63, 3.8) is 0 Å². The summed E-state index contributed by atoms with van der Waals surface area (Å²) in [6, 6.07) is 7.45. The Balaban J connectivity index is 2.41. The molecule has 0 aliphatic heterocycles. The van der Waals surface area contributed by atoms with Crippen molar-refractivity contribution in [1.29, 1.82) is 0 Å². The number of hydrogen-bond acceptors (Lipinski definition) is 4. The summed E-state index contributed by atoms with van der Waals surface area (Å²) in [7, 11) is 3.38. The first-order valence-corrected chi connectivity index (χ1v) is 4.80. The van der Waals surface area contributed by atoms with Crippen LogP contribution in [0.1, 0.15) is 0 Å². The smallest absolute Gasteiger partial charge is 0.287 e. The normalized spacial score (nSPS) is 10.3. The van der Waals surface area contributed by atoms with Gasteiger partial charge >= 0.3 is 0 Å². The Kier molecular flexibility index (Phi) is 2.55. The van der Waals surface area contributed by atoms with E-state index in [9.17, 15) is 0 Å². The summed E-state index contributed by atoms with van der Waals surface area (Å²) >= 11 is 4.93. The van der Waals surface area contributed by atoms with Gasteiger partial charge < -0.3 is 9.15 Å². The number of hydrogen-bond donors (Lipinski definition) is 0. The SMILES string of the molecule is COc1ccc(-c2nn(C)c(=S)o2)cc1. The largest absolute Gasteiger partial charge is 0.497 e. The minimum atomic E-state index is 0.362. The zero-order valence-electron chi connectivity index (χ0n) is 8.43. The number of aromatic nitrogens is 2. The third-order valence-electron chi connectivity index (χ3n) is 2.03. The first kappa shape index (κ1) is 9.92. The maximum atomic E-state index is 5.30. The number of aryl methyl sites for hydroxylation is 1. The summed E-state index contributed by atoms with van der Waals surface area (Å²) in [6.45, 7) is 0. The summed E-state index contributed by atoms with van der Waals surface area (Å²) in [5.74, 6) is 1.32. The minimum Gasteiger partial charge on any atom is -0.497 e. The Morgan fingerprint density at radius 2 is 2.00 bits per heavy atom. The molecule has 5 heteroatoms. The van der Waals surface area contributed by atoms with E-state index >= 15 is 0 Å². The van der Waals surface area contributed by atoms with Crippen LogP contribution in [0.3, 0.4) is 0 Å². The van der Waals surface area contributed by atoms with Crippen LogP contribution in [0.5, 0.6) is 5.75 Å². The summed E-state index contributed by atoms with van der Waals surface area (Å²) in [5, 5.41) is 4.14. The summed E-state index contributed by atoms with van der Waals surface area (Å²) in [6.07, 6.45) is 0. The highest BCUT2D eigenvalue weighted by Crippen LogP contribution is 2.20. The van der Waals surface area contributed by atoms with E-state index in [1.807, 2.05) is 24.3 Å². The first-order chi connectivity index (χ1) is 7.20. The Hall–Kier alpha value is -1.62. The lowest BCUT2D eigenvalue weighted by molar-refractivity contribution is 0.415. The number of methoxy groups -OCH3 is 1. The van der Waals surface area contributed by atoms with Crippen LogP contribution in [-0.4, -0.2) is 16.9 Å². The second-order valence-electron chi connectivity index (χ2n) is 3.03. The molecule has 0 radical (unpaired) electrons. The molecule has 1 aromatic heterocycles. The van der Waals surface area contributed by atoms with Gasteiger partial charge in [0.1, 0.15) is 5.75 Å². The topological polar surface area (TPSA) is 40.2 Å². The van der Waals surface area contributed by atoms with Gasteiger partial charge in [-0.15, -0.1) is 5.10 Å². The van der Waals surface area contributed by atoms with E-state index < -0.39 is 0 Å². The monoisotopic (exact) mass is 222 g/mol. The van der Waals surface area contributed by atoms with Crippen molar-refractivity contribution in [3.05, 3.63) is 29.1 Å². The quantitative estimate of drug-likeness (QED) is 0.732. The third-order valence-corrected chi connectivity index (χ3v) is 2.37. The van der Waals surface area contributed by atoms with Gasteiger partial charge in [0.2, 0.25) is 5.89 Å². The zero-order valence-corrected chi connectivity index (χ0v) is 9.25. The Morgan fingerprint density at radius 1 is 1.33 bits per heavy atom. The maximum absolute atomic E-state index is 5.30. The molecule has 0 saturated carbocycles. The van der Waals surface area contributed by atoms with E-state index in [2.05, 4.69) is 5.10 Å². The molecule has 0 atom stereocenters. The van der Waals surface area contributed by atoms with Gasteiger partial charge in [0.05, 0.1) is 7.11 Å². The van der Waals surface area contributed by atoms with E-state index in [-0.39, 0.29) is 0 Å². The molecule has 0 unspecified atom stereocenters. The fourth-order valence-corrected chi connectivity index (χ4v) is 1.32. The van der Waals surface area contributed by atoms with Crippen LogP contribution >= 0.6 is 12.2 Å². The van der Waals surface area contributed by atoms with Crippen molar-refractivity contribution in [1.82, 2.24) is 9.78 Å². The van der Waals surface area contributed by atoms with Gasteiger partial charge in [0.15, 0.2) is 0 Å². The molecule has 1 aromatic carbocycles. The standard InChI is InChI=1S/C10H10N2O2S/c1-12-10(15)14-9(11-12)7-3-5-8(13-2)6-4-7/h3-6H,1-2H3. The fourth-order valence-electron chi connectivity index (χ4n) is 1.20. The van der Waals surface area contributed by atoms with Crippen molar-refractivity contribution < 1.29 is 9.15 Å². The van der Waals surface area contributed by atoms with Crippen LogP contribution in [0.25, 0.3) is 11.5 Å². The van der Waals surface area contributed by atoms with E-state index in [0.29, 0.717) is 10.7 Å². The predicted octanol–water partition coefficient (Wildman–Crippen LogP) is 2.42. The van der Waals surface area contributed by atoms with Crippen molar-refractivity contribution in [2.45, 2.75) is 0 Å². The molecular weight excluding hydrogens is 212 g/mol. The molecule has 2 rings (SSSR count). The molecule has 0 N–H and O–H groups in total. The average Bonchev–Trinajstić information content (AvgIpc) is 2.59. The van der Waals surface area contributed by atoms with Crippen LogP contribution < -0.4 is 4.74 Å². The molecule has 2 aromatic rings.